The molecule has 0 bridgehead atoms. The van der Waals surface area contributed by atoms with Crippen molar-refractivity contribution in [2.75, 3.05) is 0 Å². The first-order valence-corrected chi connectivity index (χ1v) is 5.87. The van der Waals surface area contributed by atoms with Crippen molar-refractivity contribution in [1.29, 1.82) is 0 Å². The summed E-state index contributed by atoms with van der Waals surface area (Å²) in [5.41, 5.74) is 1.39. The van der Waals surface area contributed by atoms with Crippen molar-refractivity contribution in [1.82, 2.24) is 14.4 Å². The van der Waals surface area contributed by atoms with Gasteiger partial charge in [0.15, 0.2) is 11.0 Å². The molecule has 0 spiro atoms. The van der Waals surface area contributed by atoms with Crippen LogP contribution in [0.15, 0.2) is 42.7 Å². The number of aromatic carboxylic acids is 1. The standard InChI is InChI=1S/C13H8ClN3O2/c14-11-10-7-8(13(18)19)4-6-17(10)12(16-11)9-3-1-2-5-15-9/h1-7H,(H,18,19). The maximum absolute atomic E-state index is 10.9. The first-order valence-electron chi connectivity index (χ1n) is 5.49. The summed E-state index contributed by atoms with van der Waals surface area (Å²) in [6.45, 7) is 0. The lowest BCUT2D eigenvalue weighted by Gasteiger charge is -2.01. The average Bonchev–Trinajstić information content (AvgIpc) is 2.77. The van der Waals surface area contributed by atoms with Crippen LogP contribution in [0.1, 0.15) is 10.4 Å². The quantitative estimate of drug-likeness (QED) is 0.779. The molecule has 3 aromatic rings. The minimum absolute atomic E-state index is 0.168. The lowest BCUT2D eigenvalue weighted by Crippen LogP contribution is -1.98. The molecule has 0 aliphatic carbocycles. The van der Waals surface area contributed by atoms with Crippen molar-refractivity contribution in [2.24, 2.45) is 0 Å². The molecule has 3 aromatic heterocycles. The molecule has 0 saturated heterocycles. The molecule has 3 heterocycles. The Bertz CT molecular complexity index is 768. The summed E-state index contributed by atoms with van der Waals surface area (Å²) in [7, 11) is 0. The number of hydrogen-bond acceptors (Lipinski definition) is 3. The van der Waals surface area contributed by atoms with Crippen LogP contribution in [0.4, 0.5) is 0 Å². The molecule has 3 rings (SSSR count). The van der Waals surface area contributed by atoms with Gasteiger partial charge in [-0.1, -0.05) is 17.7 Å². The number of carboxylic acids is 1. The fraction of sp³-hybridized carbons (Fsp3) is 0. The zero-order valence-electron chi connectivity index (χ0n) is 9.62. The van der Waals surface area contributed by atoms with Crippen LogP contribution in [-0.4, -0.2) is 25.4 Å². The molecule has 19 heavy (non-hydrogen) atoms. The molecule has 0 unspecified atom stereocenters. The molecule has 1 N–H and O–H groups in total. The van der Waals surface area contributed by atoms with E-state index in [1.165, 1.54) is 12.1 Å². The van der Waals surface area contributed by atoms with Gasteiger partial charge in [-0.05, 0) is 24.3 Å². The van der Waals surface area contributed by atoms with Crippen molar-refractivity contribution in [3.05, 3.63) is 53.4 Å². The second kappa shape index (κ2) is 4.37. The van der Waals surface area contributed by atoms with Gasteiger partial charge in [0, 0.05) is 12.4 Å². The minimum Gasteiger partial charge on any atom is -0.478 e. The number of pyridine rings is 2. The highest BCUT2D eigenvalue weighted by molar-refractivity contribution is 6.33. The molecule has 0 amide bonds. The van der Waals surface area contributed by atoms with Crippen molar-refractivity contribution in [2.45, 2.75) is 0 Å². The van der Waals surface area contributed by atoms with Gasteiger partial charge in [-0.25, -0.2) is 9.78 Å². The largest absolute Gasteiger partial charge is 0.478 e. The Morgan fingerprint density at radius 3 is 2.84 bits per heavy atom. The van der Waals surface area contributed by atoms with Gasteiger partial charge in [-0.15, -0.1) is 0 Å². The molecule has 6 heteroatoms. The Kier molecular flexibility index (Phi) is 2.68. The molecule has 0 atom stereocenters. The summed E-state index contributed by atoms with van der Waals surface area (Å²) in [4.78, 5) is 19.4. The molecule has 5 nitrogen and oxygen atoms in total. The lowest BCUT2D eigenvalue weighted by molar-refractivity contribution is 0.0697. The van der Waals surface area contributed by atoms with E-state index < -0.39 is 5.97 Å². The Balaban J connectivity index is 2.26. The predicted octanol–water partition coefficient (Wildman–Crippen LogP) is 2.75. The van der Waals surface area contributed by atoms with Crippen LogP contribution in [0, 0.1) is 0 Å². The molecule has 0 aliphatic heterocycles. The van der Waals surface area contributed by atoms with Gasteiger partial charge in [0.05, 0.1) is 11.1 Å². The van der Waals surface area contributed by atoms with Gasteiger partial charge in [-0.2, -0.15) is 0 Å². The molecule has 0 radical (unpaired) electrons. The maximum Gasteiger partial charge on any atom is 0.335 e. The van der Waals surface area contributed by atoms with Crippen molar-refractivity contribution >= 4 is 23.1 Å². The van der Waals surface area contributed by atoms with Crippen LogP contribution in [0.5, 0.6) is 0 Å². The SMILES string of the molecule is O=C(O)c1ccn2c(-c3ccccn3)nc(Cl)c2c1. The fourth-order valence-corrected chi connectivity index (χ4v) is 2.08. The van der Waals surface area contributed by atoms with E-state index in [-0.39, 0.29) is 10.7 Å². The summed E-state index contributed by atoms with van der Waals surface area (Å²) >= 11 is 6.05. The Morgan fingerprint density at radius 1 is 1.32 bits per heavy atom. The first kappa shape index (κ1) is 11.7. The van der Waals surface area contributed by atoms with Crippen molar-refractivity contribution in [3.8, 4) is 11.5 Å². The van der Waals surface area contributed by atoms with E-state index in [0.717, 1.165) is 0 Å². The van der Waals surface area contributed by atoms with Crippen LogP contribution in [0.3, 0.4) is 0 Å². The predicted molar refractivity (Wildman–Crippen MR) is 70.4 cm³/mol. The number of halogens is 1. The van der Waals surface area contributed by atoms with Crippen molar-refractivity contribution in [3.63, 3.8) is 0 Å². The molecular formula is C13H8ClN3O2. The zero-order valence-corrected chi connectivity index (χ0v) is 10.4. The van der Waals surface area contributed by atoms with Gasteiger partial charge in [0.25, 0.3) is 0 Å². The number of carboxylic acid groups (broad SMARTS) is 1. The monoisotopic (exact) mass is 273 g/mol. The van der Waals surface area contributed by atoms with Gasteiger partial charge in [0.1, 0.15) is 5.69 Å². The number of carbonyl (C=O) groups is 1. The molecule has 0 fully saturated rings. The molecule has 0 aromatic carbocycles. The first-order chi connectivity index (χ1) is 9.16. The normalized spacial score (nSPS) is 10.8. The highest BCUT2D eigenvalue weighted by Gasteiger charge is 2.14. The zero-order chi connectivity index (χ0) is 13.4. The van der Waals surface area contributed by atoms with E-state index in [9.17, 15) is 4.79 Å². The summed E-state index contributed by atoms with van der Waals surface area (Å²) in [6.07, 6.45) is 3.29. The van der Waals surface area contributed by atoms with Crippen LogP contribution in [0.25, 0.3) is 17.0 Å². The fourth-order valence-electron chi connectivity index (χ4n) is 1.86. The van der Waals surface area contributed by atoms with Crippen LogP contribution < -0.4 is 0 Å². The summed E-state index contributed by atoms with van der Waals surface area (Å²) in [5.74, 6) is -0.420. The molecule has 0 aliphatic rings. The van der Waals surface area contributed by atoms with E-state index in [1.807, 2.05) is 18.2 Å². The van der Waals surface area contributed by atoms with Gasteiger partial charge in [-0.3, -0.25) is 9.38 Å². The van der Waals surface area contributed by atoms with Crippen molar-refractivity contribution < 1.29 is 9.90 Å². The third-order valence-corrected chi connectivity index (χ3v) is 3.02. The molecule has 94 valence electrons. The number of hydrogen-bond donors (Lipinski definition) is 1. The number of aromatic nitrogens is 3. The number of fused-ring (bicyclic) bond motifs is 1. The third-order valence-electron chi connectivity index (χ3n) is 2.74. The summed E-state index contributed by atoms with van der Waals surface area (Å²) in [5, 5.41) is 9.23. The van der Waals surface area contributed by atoms with Gasteiger partial charge < -0.3 is 5.11 Å². The van der Waals surface area contributed by atoms with Gasteiger partial charge >= 0.3 is 5.97 Å². The highest BCUT2D eigenvalue weighted by Crippen LogP contribution is 2.25. The van der Waals surface area contributed by atoms with E-state index in [4.69, 9.17) is 16.7 Å². The topological polar surface area (TPSA) is 67.5 Å². The maximum atomic E-state index is 10.9. The van der Waals surface area contributed by atoms with Crippen LogP contribution >= 0.6 is 11.6 Å². The second-order valence-corrected chi connectivity index (χ2v) is 4.28. The average molecular weight is 274 g/mol. The minimum atomic E-state index is -1.00. The number of rotatable bonds is 2. The Labute approximate surface area is 113 Å². The summed E-state index contributed by atoms with van der Waals surface area (Å²) < 4.78 is 1.72. The molecular weight excluding hydrogens is 266 g/mol. The van der Waals surface area contributed by atoms with Gasteiger partial charge in [0.2, 0.25) is 0 Å². The van der Waals surface area contributed by atoms with E-state index in [1.54, 1.807) is 16.8 Å². The molecule has 0 saturated carbocycles. The Morgan fingerprint density at radius 2 is 2.16 bits per heavy atom. The highest BCUT2D eigenvalue weighted by atomic mass is 35.5. The lowest BCUT2D eigenvalue weighted by atomic mass is 10.2. The van der Waals surface area contributed by atoms with Crippen LogP contribution in [0.2, 0.25) is 5.15 Å². The van der Waals surface area contributed by atoms with Crippen LogP contribution in [-0.2, 0) is 0 Å². The second-order valence-electron chi connectivity index (χ2n) is 3.92. The van der Waals surface area contributed by atoms with E-state index in [0.29, 0.717) is 17.0 Å². The number of nitrogens with zero attached hydrogens (tertiary/aromatic N) is 3. The smallest absolute Gasteiger partial charge is 0.335 e. The third kappa shape index (κ3) is 1.94. The van der Waals surface area contributed by atoms with E-state index in [2.05, 4.69) is 9.97 Å². The van der Waals surface area contributed by atoms with E-state index >= 15 is 0 Å². The number of imidazole rings is 1. The Hall–Kier alpha value is -2.40. The summed E-state index contributed by atoms with van der Waals surface area (Å²) in [6, 6.07) is 8.46.